The van der Waals surface area contributed by atoms with Gasteiger partial charge in [-0.1, -0.05) is 19.9 Å². The van der Waals surface area contributed by atoms with Crippen molar-refractivity contribution in [2.24, 2.45) is 5.92 Å². The second-order valence-corrected chi connectivity index (χ2v) is 6.79. The first-order chi connectivity index (χ1) is 11.3. The number of hydrogen-bond acceptors (Lipinski definition) is 4. The topological polar surface area (TPSA) is 71.1 Å². The minimum atomic E-state index is -0.981. The molecule has 0 aliphatic heterocycles. The van der Waals surface area contributed by atoms with Crippen LogP contribution < -0.4 is 10.6 Å². The first-order valence-corrected chi connectivity index (χ1v) is 8.09. The van der Waals surface area contributed by atoms with Crippen LogP contribution in [0, 0.1) is 24.5 Å². The third-order valence-corrected chi connectivity index (χ3v) is 4.11. The largest absolute Gasteiger partial charge is 0.340 e. The summed E-state index contributed by atoms with van der Waals surface area (Å²) in [5.41, 5.74) is -0.707. The number of hydrogen-bond donors (Lipinski definition) is 2. The zero-order chi connectivity index (χ0) is 17.9. The van der Waals surface area contributed by atoms with Crippen LogP contribution in [0.15, 0.2) is 24.4 Å². The Hall–Kier alpha value is -2.35. The van der Waals surface area contributed by atoms with Gasteiger partial charge in [0.1, 0.15) is 23.2 Å². The van der Waals surface area contributed by atoms with Crippen LogP contribution in [-0.2, 0) is 4.79 Å². The highest BCUT2D eigenvalue weighted by molar-refractivity contribution is 7.15. The summed E-state index contributed by atoms with van der Waals surface area (Å²) >= 11 is 1.29. The molecule has 0 radical (unpaired) electrons. The van der Waals surface area contributed by atoms with Crippen molar-refractivity contribution in [3.05, 3.63) is 46.5 Å². The molecule has 0 aliphatic carbocycles. The number of nitrogens with zero attached hydrogens (tertiary/aromatic N) is 1. The second-order valence-electron chi connectivity index (χ2n) is 5.56. The number of benzene rings is 1. The van der Waals surface area contributed by atoms with E-state index in [1.165, 1.54) is 17.4 Å². The second kappa shape index (κ2) is 7.48. The highest BCUT2D eigenvalue weighted by Crippen LogP contribution is 2.18. The molecule has 2 amide bonds. The summed E-state index contributed by atoms with van der Waals surface area (Å²) in [6, 6.07) is 2.18. The monoisotopic (exact) mass is 353 g/mol. The van der Waals surface area contributed by atoms with Crippen molar-refractivity contribution >= 4 is 28.3 Å². The zero-order valence-corrected chi connectivity index (χ0v) is 14.2. The Bertz CT molecular complexity index is 741. The van der Waals surface area contributed by atoms with Gasteiger partial charge in [-0.3, -0.25) is 9.59 Å². The summed E-state index contributed by atoms with van der Waals surface area (Å²) in [5.74, 6) is -3.72. The van der Waals surface area contributed by atoms with Crippen molar-refractivity contribution in [3.8, 4) is 0 Å². The number of carbonyl (C=O) groups is 2. The van der Waals surface area contributed by atoms with E-state index < -0.39 is 35.1 Å². The summed E-state index contributed by atoms with van der Waals surface area (Å²) in [5, 5.41) is 5.38. The van der Waals surface area contributed by atoms with Crippen LogP contribution in [0.1, 0.15) is 29.1 Å². The van der Waals surface area contributed by atoms with Crippen molar-refractivity contribution in [3.63, 3.8) is 0 Å². The van der Waals surface area contributed by atoms with Crippen molar-refractivity contribution in [1.29, 1.82) is 0 Å². The SMILES string of the molecule is Cc1cnc(NC(=O)[C@H](NC(=O)c2c(F)cccc2F)C(C)C)s1. The highest BCUT2D eigenvalue weighted by atomic mass is 32.1. The van der Waals surface area contributed by atoms with Gasteiger partial charge in [-0.05, 0) is 25.0 Å². The van der Waals surface area contributed by atoms with Gasteiger partial charge in [0.25, 0.3) is 5.91 Å². The third kappa shape index (κ3) is 4.14. The smallest absolute Gasteiger partial charge is 0.257 e. The molecule has 0 aliphatic rings. The van der Waals surface area contributed by atoms with Gasteiger partial charge in [0.2, 0.25) is 5.91 Å². The van der Waals surface area contributed by atoms with Crippen LogP contribution >= 0.6 is 11.3 Å². The van der Waals surface area contributed by atoms with Gasteiger partial charge in [0.05, 0.1) is 0 Å². The molecular formula is C16H17F2N3O2S. The van der Waals surface area contributed by atoms with Crippen molar-refractivity contribution in [2.75, 3.05) is 5.32 Å². The fraction of sp³-hybridized carbons (Fsp3) is 0.312. The molecular weight excluding hydrogens is 336 g/mol. The molecule has 0 saturated heterocycles. The van der Waals surface area contributed by atoms with Crippen LogP contribution in [0.5, 0.6) is 0 Å². The van der Waals surface area contributed by atoms with Gasteiger partial charge in [-0.15, -0.1) is 11.3 Å². The fourth-order valence-electron chi connectivity index (χ4n) is 2.06. The van der Waals surface area contributed by atoms with Gasteiger partial charge in [-0.25, -0.2) is 13.8 Å². The van der Waals surface area contributed by atoms with E-state index >= 15 is 0 Å². The van der Waals surface area contributed by atoms with Gasteiger partial charge in [0, 0.05) is 11.1 Å². The quantitative estimate of drug-likeness (QED) is 0.868. The van der Waals surface area contributed by atoms with E-state index in [-0.39, 0.29) is 5.92 Å². The molecule has 1 heterocycles. The van der Waals surface area contributed by atoms with Crippen LogP contribution in [-0.4, -0.2) is 22.8 Å². The van der Waals surface area contributed by atoms with Crippen molar-refractivity contribution in [2.45, 2.75) is 26.8 Å². The molecule has 1 aromatic carbocycles. The molecule has 2 rings (SSSR count). The molecule has 2 aromatic rings. The molecule has 0 saturated carbocycles. The maximum atomic E-state index is 13.7. The lowest BCUT2D eigenvalue weighted by atomic mass is 10.0. The maximum Gasteiger partial charge on any atom is 0.257 e. The lowest BCUT2D eigenvalue weighted by molar-refractivity contribution is -0.118. The van der Waals surface area contributed by atoms with Crippen molar-refractivity contribution < 1.29 is 18.4 Å². The Morgan fingerprint density at radius 3 is 2.33 bits per heavy atom. The number of anilines is 1. The van der Waals surface area contributed by atoms with Crippen LogP contribution in [0.4, 0.5) is 13.9 Å². The molecule has 0 bridgehead atoms. The normalized spacial score (nSPS) is 12.1. The average molecular weight is 353 g/mol. The number of aromatic nitrogens is 1. The number of halogens is 2. The number of nitrogens with one attached hydrogen (secondary N) is 2. The van der Waals surface area contributed by atoms with Crippen LogP contribution in [0.3, 0.4) is 0 Å². The Kier molecular flexibility index (Phi) is 5.61. The Balaban J connectivity index is 2.16. The predicted molar refractivity (Wildman–Crippen MR) is 87.9 cm³/mol. The number of thiazole rings is 1. The van der Waals surface area contributed by atoms with E-state index in [9.17, 15) is 18.4 Å². The van der Waals surface area contributed by atoms with Gasteiger partial charge >= 0.3 is 0 Å². The number of carbonyl (C=O) groups excluding carboxylic acids is 2. The summed E-state index contributed by atoms with van der Waals surface area (Å²) in [7, 11) is 0. The Labute approximate surface area is 142 Å². The molecule has 5 nitrogen and oxygen atoms in total. The summed E-state index contributed by atoms with van der Waals surface area (Å²) < 4.78 is 27.4. The highest BCUT2D eigenvalue weighted by Gasteiger charge is 2.27. The van der Waals surface area contributed by atoms with Gasteiger partial charge < -0.3 is 10.6 Å². The lowest BCUT2D eigenvalue weighted by Crippen LogP contribution is -2.47. The molecule has 0 spiro atoms. The molecule has 128 valence electrons. The molecule has 1 aromatic heterocycles. The van der Waals surface area contributed by atoms with E-state index in [0.717, 1.165) is 17.0 Å². The fourth-order valence-corrected chi connectivity index (χ4v) is 2.73. The maximum absolute atomic E-state index is 13.7. The average Bonchev–Trinajstić information content (AvgIpc) is 2.89. The summed E-state index contributed by atoms with van der Waals surface area (Å²) in [6.45, 7) is 5.28. The van der Waals surface area contributed by atoms with E-state index in [1.807, 2.05) is 6.92 Å². The Morgan fingerprint density at radius 2 is 1.83 bits per heavy atom. The van der Waals surface area contributed by atoms with Gasteiger partial charge in [-0.2, -0.15) is 0 Å². The first kappa shape index (κ1) is 18.0. The third-order valence-electron chi connectivity index (χ3n) is 3.28. The summed E-state index contributed by atoms with van der Waals surface area (Å²) in [6.07, 6.45) is 1.61. The number of amides is 2. The van der Waals surface area contributed by atoms with Crippen molar-refractivity contribution in [1.82, 2.24) is 10.3 Å². The van der Waals surface area contributed by atoms with Crippen LogP contribution in [0.2, 0.25) is 0 Å². The molecule has 1 atom stereocenters. The van der Waals surface area contributed by atoms with E-state index in [1.54, 1.807) is 20.0 Å². The molecule has 0 unspecified atom stereocenters. The van der Waals surface area contributed by atoms with Crippen LogP contribution in [0.25, 0.3) is 0 Å². The molecule has 24 heavy (non-hydrogen) atoms. The lowest BCUT2D eigenvalue weighted by Gasteiger charge is -2.21. The van der Waals surface area contributed by atoms with E-state index in [0.29, 0.717) is 5.13 Å². The summed E-state index contributed by atoms with van der Waals surface area (Å²) in [4.78, 5) is 29.5. The number of aryl methyl sites for hydroxylation is 1. The Morgan fingerprint density at radius 1 is 1.21 bits per heavy atom. The number of rotatable bonds is 5. The van der Waals surface area contributed by atoms with Gasteiger partial charge in [0.15, 0.2) is 5.13 Å². The minimum Gasteiger partial charge on any atom is -0.340 e. The van der Waals surface area contributed by atoms with E-state index in [4.69, 9.17) is 0 Å². The minimum absolute atomic E-state index is 0.287. The van der Waals surface area contributed by atoms with E-state index in [2.05, 4.69) is 15.6 Å². The predicted octanol–water partition coefficient (Wildman–Crippen LogP) is 3.12. The first-order valence-electron chi connectivity index (χ1n) is 7.27. The molecule has 0 fully saturated rings. The zero-order valence-electron chi connectivity index (χ0n) is 13.4. The molecule has 8 heteroatoms. The molecule has 2 N–H and O–H groups in total. The standard InChI is InChI=1S/C16H17F2N3O2S/c1-8(2)13(15(23)21-16-19-7-9(3)24-16)20-14(22)12-10(17)5-4-6-11(12)18/h4-8,13H,1-3H3,(H,20,22)(H,19,21,23)/t13-/m1/s1.